The number of aliphatic hydroxyl groups excluding tert-OH is 2. The molecule has 1 rings (SSSR count). The number of aliphatic hydroxyl groups is 2. The zero-order valence-electron chi connectivity index (χ0n) is 10.7. The minimum Gasteiger partial charge on any atom is -0.489 e. The molecule has 0 radical (unpaired) electrons. The molecule has 0 amide bonds. The third-order valence-corrected chi connectivity index (χ3v) is 2.68. The molecular formula is C13H20ClNO3. The van der Waals surface area contributed by atoms with Gasteiger partial charge in [0.2, 0.25) is 0 Å². The van der Waals surface area contributed by atoms with Crippen LogP contribution in [0, 0.1) is 0 Å². The van der Waals surface area contributed by atoms with Crippen LogP contribution in [0.1, 0.15) is 19.4 Å². The molecule has 0 aliphatic rings. The SMILES string of the molecule is CC(C)NCc1cccc(Cl)c1OCC(O)CO. The van der Waals surface area contributed by atoms with Crippen molar-refractivity contribution < 1.29 is 14.9 Å². The Morgan fingerprint density at radius 1 is 1.39 bits per heavy atom. The molecule has 4 nitrogen and oxygen atoms in total. The summed E-state index contributed by atoms with van der Waals surface area (Å²) in [4.78, 5) is 0. The molecular weight excluding hydrogens is 254 g/mol. The molecule has 0 aliphatic carbocycles. The van der Waals surface area contributed by atoms with Crippen LogP contribution in [0.5, 0.6) is 5.75 Å². The standard InChI is InChI=1S/C13H20ClNO3/c1-9(2)15-6-10-4-3-5-12(14)13(10)18-8-11(17)7-16/h3-5,9,11,15-17H,6-8H2,1-2H3. The van der Waals surface area contributed by atoms with Gasteiger partial charge in [0.05, 0.1) is 11.6 Å². The number of hydrogen-bond donors (Lipinski definition) is 3. The summed E-state index contributed by atoms with van der Waals surface area (Å²) in [6.45, 7) is 4.45. The molecule has 0 aromatic heterocycles. The fourth-order valence-corrected chi connectivity index (χ4v) is 1.65. The molecule has 1 aromatic carbocycles. The average molecular weight is 274 g/mol. The molecule has 0 saturated carbocycles. The number of halogens is 1. The summed E-state index contributed by atoms with van der Waals surface area (Å²) in [5, 5.41) is 21.8. The Balaban J connectivity index is 2.73. The number of ether oxygens (including phenoxy) is 1. The van der Waals surface area contributed by atoms with Crippen LogP contribution in [-0.2, 0) is 6.54 Å². The molecule has 102 valence electrons. The third kappa shape index (κ3) is 4.82. The van der Waals surface area contributed by atoms with Crippen molar-refractivity contribution in [3.05, 3.63) is 28.8 Å². The molecule has 0 heterocycles. The van der Waals surface area contributed by atoms with E-state index in [1.54, 1.807) is 6.07 Å². The first-order valence-electron chi connectivity index (χ1n) is 5.97. The molecule has 0 aliphatic heterocycles. The van der Waals surface area contributed by atoms with Gasteiger partial charge < -0.3 is 20.3 Å². The molecule has 1 unspecified atom stereocenters. The van der Waals surface area contributed by atoms with Gasteiger partial charge in [-0.05, 0) is 6.07 Å². The highest BCUT2D eigenvalue weighted by atomic mass is 35.5. The molecule has 1 atom stereocenters. The number of hydrogen-bond acceptors (Lipinski definition) is 4. The summed E-state index contributed by atoms with van der Waals surface area (Å²) in [6, 6.07) is 5.87. The average Bonchev–Trinajstić information content (AvgIpc) is 2.34. The van der Waals surface area contributed by atoms with Gasteiger partial charge in [0.15, 0.2) is 0 Å². The van der Waals surface area contributed by atoms with Crippen molar-refractivity contribution in [2.45, 2.75) is 32.5 Å². The maximum atomic E-state index is 9.29. The monoisotopic (exact) mass is 273 g/mol. The van der Waals surface area contributed by atoms with Gasteiger partial charge in [0.25, 0.3) is 0 Å². The second-order valence-corrected chi connectivity index (χ2v) is 4.82. The van der Waals surface area contributed by atoms with E-state index in [0.29, 0.717) is 23.4 Å². The molecule has 5 heteroatoms. The number of para-hydroxylation sites is 1. The minimum absolute atomic E-state index is 0.0227. The van der Waals surface area contributed by atoms with E-state index in [4.69, 9.17) is 21.4 Å². The smallest absolute Gasteiger partial charge is 0.142 e. The van der Waals surface area contributed by atoms with Crippen LogP contribution in [0.3, 0.4) is 0 Å². The van der Waals surface area contributed by atoms with E-state index in [-0.39, 0.29) is 13.2 Å². The number of nitrogens with one attached hydrogen (secondary N) is 1. The lowest BCUT2D eigenvalue weighted by atomic mass is 10.2. The predicted octanol–water partition coefficient (Wildman–Crippen LogP) is 1.57. The summed E-state index contributed by atoms with van der Waals surface area (Å²) < 4.78 is 5.47. The van der Waals surface area contributed by atoms with Crippen LogP contribution in [-0.4, -0.2) is 35.6 Å². The zero-order valence-corrected chi connectivity index (χ0v) is 11.4. The van der Waals surface area contributed by atoms with Crippen LogP contribution in [0.25, 0.3) is 0 Å². The van der Waals surface area contributed by atoms with Crippen LogP contribution in [0.2, 0.25) is 5.02 Å². The van der Waals surface area contributed by atoms with Crippen molar-refractivity contribution in [3.63, 3.8) is 0 Å². The third-order valence-electron chi connectivity index (χ3n) is 2.38. The fraction of sp³-hybridized carbons (Fsp3) is 0.538. The lowest BCUT2D eigenvalue weighted by Gasteiger charge is -2.16. The Hall–Kier alpha value is -0.810. The first-order valence-corrected chi connectivity index (χ1v) is 6.35. The Labute approximate surface area is 113 Å². The van der Waals surface area contributed by atoms with E-state index in [1.165, 1.54) is 0 Å². The van der Waals surface area contributed by atoms with E-state index in [2.05, 4.69) is 19.2 Å². The van der Waals surface area contributed by atoms with Crippen molar-refractivity contribution in [1.82, 2.24) is 5.32 Å². The molecule has 1 aromatic rings. The molecule has 0 spiro atoms. The Morgan fingerprint density at radius 3 is 2.72 bits per heavy atom. The van der Waals surface area contributed by atoms with E-state index in [9.17, 15) is 5.11 Å². The normalized spacial score (nSPS) is 12.8. The van der Waals surface area contributed by atoms with E-state index in [1.807, 2.05) is 12.1 Å². The summed E-state index contributed by atoms with van der Waals surface area (Å²) >= 11 is 6.07. The predicted molar refractivity (Wildman–Crippen MR) is 72.0 cm³/mol. The summed E-state index contributed by atoms with van der Waals surface area (Å²) in [7, 11) is 0. The first-order chi connectivity index (χ1) is 8.54. The lowest BCUT2D eigenvalue weighted by molar-refractivity contribution is 0.0533. The number of rotatable bonds is 7. The first kappa shape index (κ1) is 15.2. The molecule has 3 N–H and O–H groups in total. The lowest BCUT2D eigenvalue weighted by Crippen LogP contribution is -2.24. The Morgan fingerprint density at radius 2 is 2.11 bits per heavy atom. The highest BCUT2D eigenvalue weighted by Gasteiger charge is 2.11. The van der Waals surface area contributed by atoms with Gasteiger partial charge in [-0.25, -0.2) is 0 Å². The second kappa shape index (κ2) is 7.59. The summed E-state index contributed by atoms with van der Waals surface area (Å²) in [6.07, 6.45) is -0.896. The zero-order chi connectivity index (χ0) is 13.5. The highest BCUT2D eigenvalue weighted by molar-refractivity contribution is 6.32. The number of benzene rings is 1. The topological polar surface area (TPSA) is 61.7 Å². The molecule has 0 saturated heterocycles. The van der Waals surface area contributed by atoms with Crippen molar-refractivity contribution in [2.75, 3.05) is 13.2 Å². The molecule has 0 fully saturated rings. The van der Waals surface area contributed by atoms with Gasteiger partial charge in [-0.2, -0.15) is 0 Å². The van der Waals surface area contributed by atoms with E-state index in [0.717, 1.165) is 5.56 Å². The Kier molecular flexibility index (Phi) is 6.43. The summed E-state index contributed by atoms with van der Waals surface area (Å²) in [5.41, 5.74) is 0.932. The van der Waals surface area contributed by atoms with Crippen LogP contribution < -0.4 is 10.1 Å². The minimum atomic E-state index is -0.896. The van der Waals surface area contributed by atoms with E-state index < -0.39 is 6.10 Å². The van der Waals surface area contributed by atoms with Crippen LogP contribution in [0.15, 0.2) is 18.2 Å². The molecule has 18 heavy (non-hydrogen) atoms. The van der Waals surface area contributed by atoms with Crippen LogP contribution in [0.4, 0.5) is 0 Å². The second-order valence-electron chi connectivity index (χ2n) is 4.41. The van der Waals surface area contributed by atoms with Crippen molar-refractivity contribution in [3.8, 4) is 5.75 Å². The van der Waals surface area contributed by atoms with Gasteiger partial charge in [-0.15, -0.1) is 0 Å². The maximum Gasteiger partial charge on any atom is 0.142 e. The Bertz CT molecular complexity index is 371. The highest BCUT2D eigenvalue weighted by Crippen LogP contribution is 2.28. The van der Waals surface area contributed by atoms with Crippen molar-refractivity contribution in [2.24, 2.45) is 0 Å². The van der Waals surface area contributed by atoms with Crippen molar-refractivity contribution >= 4 is 11.6 Å². The molecule has 0 bridgehead atoms. The van der Waals surface area contributed by atoms with Crippen molar-refractivity contribution in [1.29, 1.82) is 0 Å². The fourth-order valence-electron chi connectivity index (χ4n) is 1.40. The summed E-state index contributed by atoms with van der Waals surface area (Å²) in [5.74, 6) is 0.555. The van der Waals surface area contributed by atoms with E-state index >= 15 is 0 Å². The van der Waals surface area contributed by atoms with Gasteiger partial charge in [-0.1, -0.05) is 37.6 Å². The van der Waals surface area contributed by atoms with Gasteiger partial charge in [-0.3, -0.25) is 0 Å². The quantitative estimate of drug-likeness (QED) is 0.706. The van der Waals surface area contributed by atoms with Gasteiger partial charge in [0.1, 0.15) is 18.5 Å². The van der Waals surface area contributed by atoms with Crippen LogP contribution >= 0.6 is 11.6 Å². The maximum absolute atomic E-state index is 9.29. The van der Waals surface area contributed by atoms with Gasteiger partial charge in [0, 0.05) is 18.2 Å². The van der Waals surface area contributed by atoms with Gasteiger partial charge >= 0.3 is 0 Å². The largest absolute Gasteiger partial charge is 0.489 e.